The molecule has 1 rings (SSSR count). The lowest BCUT2D eigenvalue weighted by molar-refractivity contribution is 0.655. The lowest BCUT2D eigenvalue weighted by Crippen LogP contribution is -2.35. The Morgan fingerprint density at radius 3 is 3.00 bits per heavy atom. The van der Waals surface area contributed by atoms with E-state index in [1.807, 2.05) is 5.38 Å². The van der Waals surface area contributed by atoms with Gasteiger partial charge in [-0.15, -0.1) is 16.3 Å². The van der Waals surface area contributed by atoms with Crippen molar-refractivity contribution in [3.63, 3.8) is 0 Å². The van der Waals surface area contributed by atoms with Crippen molar-refractivity contribution >= 4 is 28.4 Å². The average Bonchev–Trinajstić information content (AvgIpc) is 2.88. The highest BCUT2D eigenvalue weighted by atomic mass is 32.1. The number of aryl methyl sites for hydroxylation is 1. The lowest BCUT2D eigenvalue weighted by Gasteiger charge is -2.06. The number of nitrogens with two attached hydrogens (primary N) is 1. The van der Waals surface area contributed by atoms with Crippen LogP contribution >= 0.6 is 11.3 Å². The minimum atomic E-state index is -0.0960. The fourth-order valence-electron chi connectivity index (χ4n) is 1.64. The SMILES string of the molecule is CN/C(=N/C#N)NCCCCCc1csc(NC(=N)N)n1. The van der Waals surface area contributed by atoms with Crippen molar-refractivity contribution in [3.8, 4) is 6.19 Å². The number of guanidine groups is 2. The summed E-state index contributed by atoms with van der Waals surface area (Å²) < 4.78 is 0. The van der Waals surface area contributed by atoms with Crippen LogP contribution in [0.25, 0.3) is 0 Å². The van der Waals surface area contributed by atoms with E-state index < -0.39 is 0 Å². The first-order valence-electron chi connectivity index (χ1n) is 6.59. The Morgan fingerprint density at radius 1 is 1.52 bits per heavy atom. The summed E-state index contributed by atoms with van der Waals surface area (Å²) in [6.07, 6.45) is 5.73. The normalized spacial score (nSPS) is 10.8. The second kappa shape index (κ2) is 9.55. The molecule has 0 fully saturated rings. The number of nitrogens with zero attached hydrogens (tertiary/aromatic N) is 3. The van der Waals surface area contributed by atoms with Gasteiger partial charge in [-0.25, -0.2) is 4.98 Å². The van der Waals surface area contributed by atoms with Gasteiger partial charge in [0.05, 0.1) is 5.69 Å². The Kier molecular flexibility index (Phi) is 7.60. The van der Waals surface area contributed by atoms with Crippen LogP contribution < -0.4 is 21.7 Å². The zero-order valence-corrected chi connectivity index (χ0v) is 12.8. The summed E-state index contributed by atoms with van der Waals surface area (Å²) in [5.41, 5.74) is 6.26. The number of nitriles is 1. The zero-order chi connectivity index (χ0) is 15.5. The van der Waals surface area contributed by atoms with E-state index in [0.29, 0.717) is 11.1 Å². The predicted molar refractivity (Wildman–Crippen MR) is 85.3 cm³/mol. The van der Waals surface area contributed by atoms with Crippen LogP contribution in [0.2, 0.25) is 0 Å². The van der Waals surface area contributed by atoms with Gasteiger partial charge in [-0.2, -0.15) is 5.26 Å². The van der Waals surface area contributed by atoms with Gasteiger partial charge in [-0.05, 0) is 19.3 Å². The van der Waals surface area contributed by atoms with Gasteiger partial charge in [-0.3, -0.25) is 5.41 Å². The molecule has 0 saturated heterocycles. The number of anilines is 1. The minimum absolute atomic E-state index is 0.0960. The molecular formula is C12H20N8S. The first kappa shape index (κ1) is 16.7. The van der Waals surface area contributed by atoms with Gasteiger partial charge in [0.2, 0.25) is 12.2 Å². The molecule has 21 heavy (non-hydrogen) atoms. The van der Waals surface area contributed by atoms with E-state index >= 15 is 0 Å². The van der Waals surface area contributed by atoms with E-state index in [-0.39, 0.29) is 5.96 Å². The van der Waals surface area contributed by atoms with E-state index in [9.17, 15) is 0 Å². The summed E-state index contributed by atoms with van der Waals surface area (Å²) in [6.45, 7) is 0.773. The molecule has 6 N–H and O–H groups in total. The van der Waals surface area contributed by atoms with Crippen molar-refractivity contribution < 1.29 is 0 Å². The molecule has 0 saturated carbocycles. The number of hydrogen-bond donors (Lipinski definition) is 5. The Labute approximate surface area is 128 Å². The number of hydrogen-bond acceptors (Lipinski definition) is 5. The van der Waals surface area contributed by atoms with Crippen molar-refractivity contribution in [2.75, 3.05) is 18.9 Å². The number of aliphatic imine (C=N–C) groups is 1. The first-order valence-corrected chi connectivity index (χ1v) is 7.47. The maximum Gasteiger partial charge on any atom is 0.209 e. The number of unbranched alkanes of at least 4 members (excludes halogenated alkanes) is 2. The molecule has 1 aromatic heterocycles. The highest BCUT2D eigenvalue weighted by molar-refractivity contribution is 7.13. The van der Waals surface area contributed by atoms with E-state index in [4.69, 9.17) is 16.4 Å². The molecule has 0 aromatic carbocycles. The van der Waals surface area contributed by atoms with Crippen LogP contribution in [0.1, 0.15) is 25.0 Å². The molecule has 8 nitrogen and oxygen atoms in total. The van der Waals surface area contributed by atoms with Crippen LogP contribution in [0.3, 0.4) is 0 Å². The quantitative estimate of drug-likeness (QED) is 0.219. The Hall–Kier alpha value is -2.34. The number of rotatable bonds is 7. The Bertz CT molecular complexity index is 516. The monoisotopic (exact) mass is 308 g/mol. The van der Waals surface area contributed by atoms with Gasteiger partial charge in [0.25, 0.3) is 0 Å². The van der Waals surface area contributed by atoms with Crippen LogP contribution in [-0.2, 0) is 6.42 Å². The van der Waals surface area contributed by atoms with E-state index in [0.717, 1.165) is 37.9 Å². The third kappa shape index (κ3) is 7.12. The van der Waals surface area contributed by atoms with Crippen molar-refractivity contribution in [2.24, 2.45) is 10.7 Å². The van der Waals surface area contributed by atoms with E-state index in [1.165, 1.54) is 11.3 Å². The third-order valence-electron chi connectivity index (χ3n) is 2.59. The van der Waals surface area contributed by atoms with Crippen molar-refractivity contribution in [1.82, 2.24) is 15.6 Å². The van der Waals surface area contributed by atoms with Gasteiger partial charge < -0.3 is 21.7 Å². The molecule has 0 aliphatic rings. The summed E-state index contributed by atoms with van der Waals surface area (Å²) >= 11 is 1.45. The van der Waals surface area contributed by atoms with Crippen molar-refractivity contribution in [2.45, 2.75) is 25.7 Å². The zero-order valence-electron chi connectivity index (χ0n) is 11.9. The maximum atomic E-state index is 8.44. The molecule has 0 spiro atoms. The number of nitrogens with one attached hydrogen (secondary N) is 4. The molecule has 0 bridgehead atoms. The van der Waals surface area contributed by atoms with Crippen LogP contribution in [0.15, 0.2) is 10.4 Å². The fourth-order valence-corrected chi connectivity index (χ4v) is 2.40. The highest BCUT2D eigenvalue weighted by Crippen LogP contribution is 2.16. The molecule has 1 aromatic rings. The number of aromatic nitrogens is 1. The summed E-state index contributed by atoms with van der Waals surface area (Å²) in [5.74, 6) is 0.401. The molecular weight excluding hydrogens is 288 g/mol. The highest BCUT2D eigenvalue weighted by Gasteiger charge is 2.02. The fraction of sp³-hybridized carbons (Fsp3) is 0.500. The van der Waals surface area contributed by atoms with E-state index in [1.54, 1.807) is 13.2 Å². The first-order chi connectivity index (χ1) is 10.2. The largest absolute Gasteiger partial charge is 0.370 e. The summed E-state index contributed by atoms with van der Waals surface area (Å²) in [6, 6.07) is 0. The summed E-state index contributed by atoms with van der Waals surface area (Å²) in [5, 5.41) is 26.7. The lowest BCUT2D eigenvalue weighted by atomic mass is 10.1. The molecule has 114 valence electrons. The maximum absolute atomic E-state index is 8.44. The molecule has 0 amide bonds. The number of thiazole rings is 1. The summed E-state index contributed by atoms with van der Waals surface area (Å²) in [4.78, 5) is 7.93. The Morgan fingerprint density at radius 2 is 2.33 bits per heavy atom. The van der Waals surface area contributed by atoms with E-state index in [2.05, 4.69) is 25.9 Å². The second-order valence-corrected chi connectivity index (χ2v) is 5.09. The summed E-state index contributed by atoms with van der Waals surface area (Å²) in [7, 11) is 1.72. The topological polar surface area (TPSA) is 135 Å². The molecule has 0 atom stereocenters. The van der Waals surface area contributed by atoms with Gasteiger partial charge in [0.15, 0.2) is 11.1 Å². The van der Waals surface area contributed by atoms with Crippen LogP contribution in [-0.4, -0.2) is 30.5 Å². The molecule has 0 radical (unpaired) electrons. The van der Waals surface area contributed by atoms with Gasteiger partial charge >= 0.3 is 0 Å². The molecule has 0 aliphatic heterocycles. The van der Waals surface area contributed by atoms with Gasteiger partial charge in [0.1, 0.15) is 0 Å². The van der Waals surface area contributed by atoms with Crippen LogP contribution in [0.4, 0.5) is 5.13 Å². The van der Waals surface area contributed by atoms with Crippen LogP contribution in [0.5, 0.6) is 0 Å². The second-order valence-electron chi connectivity index (χ2n) is 4.23. The molecule has 9 heteroatoms. The Balaban J connectivity index is 2.14. The smallest absolute Gasteiger partial charge is 0.209 e. The molecule has 1 heterocycles. The average molecular weight is 308 g/mol. The standard InChI is InChI=1S/C12H20N8S/c1-16-11(18-8-13)17-6-4-2-3-5-9-7-21-12(19-9)20-10(14)15/h7H,2-6H2,1H3,(H2,16,17,18)(H4,14,15,19,20). The third-order valence-corrected chi connectivity index (χ3v) is 3.40. The van der Waals surface area contributed by atoms with Gasteiger partial charge in [0, 0.05) is 19.0 Å². The van der Waals surface area contributed by atoms with Crippen LogP contribution in [0, 0.1) is 16.9 Å². The van der Waals surface area contributed by atoms with Crippen molar-refractivity contribution in [3.05, 3.63) is 11.1 Å². The molecule has 0 aliphatic carbocycles. The molecule has 0 unspecified atom stereocenters. The van der Waals surface area contributed by atoms with Crippen molar-refractivity contribution in [1.29, 1.82) is 10.7 Å². The minimum Gasteiger partial charge on any atom is -0.370 e. The predicted octanol–water partition coefficient (Wildman–Crippen LogP) is 0.807. The van der Waals surface area contributed by atoms with Gasteiger partial charge in [-0.1, -0.05) is 6.42 Å².